The fourth-order valence-electron chi connectivity index (χ4n) is 3.35. The van der Waals surface area contributed by atoms with Gasteiger partial charge < -0.3 is 19.1 Å². The smallest absolute Gasteiger partial charge is 0.141 e. The molecule has 0 aliphatic heterocycles. The third-order valence-electron chi connectivity index (χ3n) is 4.60. The van der Waals surface area contributed by atoms with Gasteiger partial charge in [0.15, 0.2) is 0 Å². The fraction of sp³-hybridized carbons (Fsp3) is 0.190. The van der Waals surface area contributed by atoms with Crippen molar-refractivity contribution in [2.45, 2.75) is 13.2 Å². The summed E-state index contributed by atoms with van der Waals surface area (Å²) in [7, 11) is 3.30. The van der Waals surface area contributed by atoms with E-state index >= 15 is 0 Å². The molecule has 4 aromatic rings. The Balaban J connectivity index is 1.90. The van der Waals surface area contributed by atoms with Crippen molar-refractivity contribution in [2.24, 2.45) is 0 Å². The summed E-state index contributed by atoms with van der Waals surface area (Å²) in [4.78, 5) is 4.61. The molecule has 0 atom stereocenters. The van der Waals surface area contributed by atoms with E-state index in [2.05, 4.69) is 21.7 Å². The Hall–Kier alpha value is -3.05. The number of aliphatic hydroxyl groups excluding tert-OH is 1. The molecule has 0 bridgehead atoms. The number of para-hydroxylation sites is 1. The summed E-state index contributed by atoms with van der Waals surface area (Å²) in [5, 5.41) is 11.6. The number of aromatic nitrogens is 2. The van der Waals surface area contributed by atoms with E-state index in [9.17, 15) is 5.11 Å². The highest BCUT2D eigenvalue weighted by atomic mass is 16.5. The van der Waals surface area contributed by atoms with Crippen molar-refractivity contribution >= 4 is 21.9 Å². The van der Waals surface area contributed by atoms with E-state index in [-0.39, 0.29) is 6.61 Å². The largest absolute Gasteiger partial charge is 0.497 e. The second-order valence-corrected chi connectivity index (χ2v) is 6.20. The molecule has 0 unspecified atom stereocenters. The Labute approximate surface area is 151 Å². The monoisotopic (exact) mass is 348 g/mol. The van der Waals surface area contributed by atoms with E-state index in [4.69, 9.17) is 9.47 Å². The lowest BCUT2D eigenvalue weighted by Crippen LogP contribution is -2.02. The van der Waals surface area contributed by atoms with Crippen LogP contribution in [0.25, 0.3) is 21.9 Å². The lowest BCUT2D eigenvalue weighted by Gasteiger charge is -2.11. The number of pyridine rings is 1. The van der Waals surface area contributed by atoms with Crippen molar-refractivity contribution in [3.05, 3.63) is 65.9 Å². The Kier molecular flexibility index (Phi) is 4.22. The summed E-state index contributed by atoms with van der Waals surface area (Å²) in [5.74, 6) is 1.52. The Morgan fingerprint density at radius 2 is 1.65 bits per heavy atom. The summed E-state index contributed by atoms with van der Waals surface area (Å²) in [6.45, 7) is 0.624. The van der Waals surface area contributed by atoms with Crippen LogP contribution in [0.15, 0.2) is 54.7 Å². The van der Waals surface area contributed by atoms with Gasteiger partial charge in [-0.3, -0.25) is 0 Å². The third-order valence-corrected chi connectivity index (χ3v) is 4.60. The van der Waals surface area contributed by atoms with Crippen LogP contribution < -0.4 is 9.47 Å². The van der Waals surface area contributed by atoms with Crippen molar-refractivity contribution in [1.82, 2.24) is 9.55 Å². The molecule has 0 aliphatic rings. The molecule has 2 aromatic carbocycles. The molecule has 0 spiro atoms. The molecule has 5 nitrogen and oxygen atoms in total. The Bertz CT molecular complexity index is 1060. The van der Waals surface area contributed by atoms with Crippen LogP contribution in [0.5, 0.6) is 11.5 Å². The van der Waals surface area contributed by atoms with Crippen LogP contribution in [0.3, 0.4) is 0 Å². The van der Waals surface area contributed by atoms with Gasteiger partial charge in [-0.25, -0.2) is 4.98 Å². The average Bonchev–Trinajstić information content (AvgIpc) is 3.00. The van der Waals surface area contributed by atoms with Gasteiger partial charge in [0.25, 0.3) is 0 Å². The van der Waals surface area contributed by atoms with Crippen molar-refractivity contribution in [3.8, 4) is 11.5 Å². The molecule has 2 aromatic heterocycles. The van der Waals surface area contributed by atoms with Gasteiger partial charge >= 0.3 is 0 Å². The Morgan fingerprint density at radius 3 is 2.35 bits per heavy atom. The van der Waals surface area contributed by atoms with Crippen LogP contribution in [-0.4, -0.2) is 28.9 Å². The van der Waals surface area contributed by atoms with Crippen LogP contribution in [0, 0.1) is 0 Å². The highest BCUT2D eigenvalue weighted by Gasteiger charge is 2.13. The molecular weight excluding hydrogens is 328 g/mol. The maximum atomic E-state index is 9.45. The zero-order valence-electron chi connectivity index (χ0n) is 14.8. The number of aliphatic hydroxyl groups is 1. The van der Waals surface area contributed by atoms with Gasteiger partial charge in [-0.15, -0.1) is 0 Å². The number of fused-ring (bicyclic) bond motifs is 3. The van der Waals surface area contributed by atoms with Crippen LogP contribution in [-0.2, 0) is 13.2 Å². The predicted molar refractivity (Wildman–Crippen MR) is 102 cm³/mol. The molecule has 4 rings (SSSR count). The maximum absolute atomic E-state index is 9.45. The Morgan fingerprint density at radius 1 is 0.923 bits per heavy atom. The maximum Gasteiger partial charge on any atom is 0.141 e. The number of hydrogen-bond acceptors (Lipinski definition) is 4. The van der Waals surface area contributed by atoms with Gasteiger partial charge in [0, 0.05) is 29.6 Å². The van der Waals surface area contributed by atoms with Gasteiger partial charge in [-0.05, 0) is 35.4 Å². The first kappa shape index (κ1) is 16.4. The molecule has 5 heteroatoms. The molecule has 0 amide bonds. The lowest BCUT2D eigenvalue weighted by molar-refractivity contribution is 0.281. The van der Waals surface area contributed by atoms with Crippen LogP contribution >= 0.6 is 0 Å². The van der Waals surface area contributed by atoms with E-state index in [0.717, 1.165) is 44.6 Å². The zero-order valence-corrected chi connectivity index (χ0v) is 14.8. The van der Waals surface area contributed by atoms with Crippen molar-refractivity contribution in [3.63, 3.8) is 0 Å². The second kappa shape index (κ2) is 6.69. The molecule has 26 heavy (non-hydrogen) atoms. The summed E-state index contributed by atoms with van der Waals surface area (Å²) in [6.07, 6.45) is 1.73. The number of hydrogen-bond donors (Lipinski definition) is 1. The molecule has 0 saturated carbocycles. The van der Waals surface area contributed by atoms with E-state index in [1.807, 2.05) is 36.4 Å². The minimum Gasteiger partial charge on any atom is -0.497 e. The SMILES string of the molecule is COc1cc(Cn2c3ccccc3c3cc(CO)cnc32)cc(OC)c1. The van der Waals surface area contributed by atoms with Crippen LogP contribution in [0.2, 0.25) is 0 Å². The normalized spacial score (nSPS) is 11.2. The van der Waals surface area contributed by atoms with Gasteiger partial charge in [-0.2, -0.15) is 0 Å². The minimum atomic E-state index is -0.0183. The molecule has 0 fully saturated rings. The first-order valence-electron chi connectivity index (χ1n) is 8.42. The fourth-order valence-corrected chi connectivity index (χ4v) is 3.35. The average molecular weight is 348 g/mol. The molecule has 1 N–H and O–H groups in total. The number of nitrogens with zero attached hydrogens (tertiary/aromatic N) is 2. The van der Waals surface area contributed by atoms with Crippen LogP contribution in [0.1, 0.15) is 11.1 Å². The first-order chi connectivity index (χ1) is 12.7. The first-order valence-corrected chi connectivity index (χ1v) is 8.42. The third kappa shape index (κ3) is 2.76. The summed E-state index contributed by atoms with van der Waals surface area (Å²) in [6, 6.07) is 16.1. The molecule has 0 aliphatic carbocycles. The van der Waals surface area contributed by atoms with E-state index in [1.165, 1.54) is 0 Å². The van der Waals surface area contributed by atoms with E-state index in [0.29, 0.717) is 6.54 Å². The molecule has 132 valence electrons. The summed E-state index contributed by atoms with van der Waals surface area (Å²) in [5.41, 5.74) is 3.87. The van der Waals surface area contributed by atoms with Gasteiger partial charge in [0.05, 0.1) is 26.3 Å². The van der Waals surface area contributed by atoms with Crippen LogP contribution in [0.4, 0.5) is 0 Å². The quantitative estimate of drug-likeness (QED) is 0.597. The lowest BCUT2D eigenvalue weighted by atomic mass is 10.1. The van der Waals surface area contributed by atoms with Crippen molar-refractivity contribution < 1.29 is 14.6 Å². The van der Waals surface area contributed by atoms with Crippen molar-refractivity contribution in [1.29, 1.82) is 0 Å². The molecule has 2 heterocycles. The number of ether oxygens (including phenoxy) is 2. The van der Waals surface area contributed by atoms with Gasteiger partial charge in [0.2, 0.25) is 0 Å². The number of benzene rings is 2. The van der Waals surface area contributed by atoms with E-state index in [1.54, 1.807) is 20.4 Å². The van der Waals surface area contributed by atoms with Crippen molar-refractivity contribution in [2.75, 3.05) is 14.2 Å². The zero-order chi connectivity index (χ0) is 18.1. The van der Waals surface area contributed by atoms with Gasteiger partial charge in [-0.1, -0.05) is 18.2 Å². The number of rotatable bonds is 5. The van der Waals surface area contributed by atoms with E-state index < -0.39 is 0 Å². The minimum absolute atomic E-state index is 0.0183. The number of methoxy groups -OCH3 is 2. The predicted octanol–water partition coefficient (Wildman–Crippen LogP) is 3.75. The van der Waals surface area contributed by atoms with Gasteiger partial charge in [0.1, 0.15) is 17.1 Å². The molecular formula is C21H20N2O3. The summed E-state index contributed by atoms with van der Waals surface area (Å²) < 4.78 is 13.0. The highest BCUT2D eigenvalue weighted by Crippen LogP contribution is 2.30. The highest BCUT2D eigenvalue weighted by molar-refractivity contribution is 6.06. The molecule has 0 radical (unpaired) electrons. The second-order valence-electron chi connectivity index (χ2n) is 6.20. The standard InChI is InChI=1S/C21H20N2O3/c1-25-16-7-14(8-17(10-16)26-2)12-23-20-6-4-3-5-18(20)19-9-15(13-24)11-22-21(19)23/h3-11,24H,12-13H2,1-2H3. The topological polar surface area (TPSA) is 56.5 Å². The summed E-state index contributed by atoms with van der Waals surface area (Å²) >= 11 is 0. The molecule has 0 saturated heterocycles.